The van der Waals surface area contributed by atoms with Gasteiger partial charge >= 0.3 is 0 Å². The molecule has 0 unspecified atom stereocenters. The average molecular weight is 371 g/mol. The van der Waals surface area contributed by atoms with Crippen molar-refractivity contribution in [3.8, 4) is 0 Å². The van der Waals surface area contributed by atoms with Crippen LogP contribution in [0.15, 0.2) is 41.8 Å². The lowest BCUT2D eigenvalue weighted by molar-refractivity contribution is -0.906. The number of quaternary nitrogens is 1. The van der Waals surface area contributed by atoms with Crippen LogP contribution in [0.4, 0.5) is 0 Å². The van der Waals surface area contributed by atoms with Gasteiger partial charge in [-0.15, -0.1) is 0 Å². The Balaban J connectivity index is 0.000000472. The topological polar surface area (TPSA) is 86.3 Å². The zero-order valence-electron chi connectivity index (χ0n) is 15.6. The standard InChI is InChI=1S/C11H22N2O.C7H8O3S/c1-5-11(14)12-9-8-10-13(4,6-2)7-3;1-6-2-4-7(5-3-6)11(8,9)10/h5H,1,6-10H2,2-4H3;2-5H,1H3,(H,8,9,10). The Morgan fingerprint density at radius 1 is 1.24 bits per heavy atom. The lowest BCUT2D eigenvalue weighted by Crippen LogP contribution is -2.45. The highest BCUT2D eigenvalue weighted by Gasteiger charge is 2.14. The number of hydrogen-bond donors (Lipinski definition) is 1. The van der Waals surface area contributed by atoms with Crippen LogP contribution in [0, 0.1) is 6.92 Å². The largest absolute Gasteiger partial charge is 0.744 e. The van der Waals surface area contributed by atoms with Gasteiger partial charge in [0, 0.05) is 13.0 Å². The third-order valence-electron chi connectivity index (χ3n) is 4.20. The first-order valence-corrected chi connectivity index (χ1v) is 9.75. The van der Waals surface area contributed by atoms with Gasteiger partial charge in [0.05, 0.1) is 31.6 Å². The van der Waals surface area contributed by atoms with E-state index in [9.17, 15) is 17.8 Å². The van der Waals surface area contributed by atoms with Gasteiger partial charge in [0.1, 0.15) is 10.1 Å². The molecule has 6 nitrogen and oxygen atoms in total. The summed E-state index contributed by atoms with van der Waals surface area (Å²) in [5, 5.41) is 2.79. The second-order valence-electron chi connectivity index (χ2n) is 6.09. The lowest BCUT2D eigenvalue weighted by atomic mass is 10.2. The maximum absolute atomic E-state index is 10.8. The van der Waals surface area contributed by atoms with E-state index in [2.05, 4.69) is 32.8 Å². The molecule has 0 aliphatic carbocycles. The van der Waals surface area contributed by atoms with Crippen molar-refractivity contribution in [2.75, 3.05) is 33.2 Å². The summed E-state index contributed by atoms with van der Waals surface area (Å²) in [6.07, 6.45) is 2.34. The van der Waals surface area contributed by atoms with Crippen LogP contribution < -0.4 is 5.32 Å². The molecule has 142 valence electrons. The number of amides is 1. The van der Waals surface area contributed by atoms with Crippen molar-refractivity contribution in [1.82, 2.24) is 5.32 Å². The van der Waals surface area contributed by atoms with Crippen LogP contribution in [0.25, 0.3) is 0 Å². The molecule has 7 heteroatoms. The number of aryl methyl sites for hydroxylation is 1. The van der Waals surface area contributed by atoms with Gasteiger partial charge in [0.15, 0.2) is 0 Å². The van der Waals surface area contributed by atoms with Gasteiger partial charge in [-0.2, -0.15) is 0 Å². The minimum Gasteiger partial charge on any atom is -0.744 e. The number of nitrogens with one attached hydrogen (secondary N) is 1. The van der Waals surface area contributed by atoms with E-state index in [1.165, 1.54) is 18.2 Å². The predicted molar refractivity (Wildman–Crippen MR) is 99.1 cm³/mol. The SMILES string of the molecule is C=CC(=O)NCCC[N+](C)(CC)CC.Cc1ccc(S(=O)(=O)[O-])cc1. The van der Waals surface area contributed by atoms with E-state index in [0.29, 0.717) is 0 Å². The Bertz CT molecular complexity index is 636. The fraction of sp³-hybridized carbons (Fsp3) is 0.500. The van der Waals surface area contributed by atoms with E-state index in [1.807, 2.05) is 6.92 Å². The van der Waals surface area contributed by atoms with Gasteiger partial charge < -0.3 is 14.4 Å². The highest BCUT2D eigenvalue weighted by Crippen LogP contribution is 2.08. The molecule has 0 aliphatic heterocycles. The molecule has 0 saturated carbocycles. The van der Waals surface area contributed by atoms with E-state index in [4.69, 9.17) is 0 Å². The summed E-state index contributed by atoms with van der Waals surface area (Å²) in [6, 6.07) is 5.78. The first-order chi connectivity index (χ1) is 11.6. The monoisotopic (exact) mass is 370 g/mol. The Hall–Kier alpha value is -1.70. The third-order valence-corrected chi connectivity index (χ3v) is 5.05. The summed E-state index contributed by atoms with van der Waals surface area (Å²) in [4.78, 5) is 10.7. The first-order valence-electron chi connectivity index (χ1n) is 8.34. The van der Waals surface area contributed by atoms with E-state index >= 15 is 0 Å². The van der Waals surface area contributed by atoms with Crippen LogP contribution in [-0.2, 0) is 14.9 Å². The van der Waals surface area contributed by atoms with Crippen molar-refractivity contribution in [3.63, 3.8) is 0 Å². The Kier molecular flexibility index (Phi) is 10.3. The zero-order valence-corrected chi connectivity index (χ0v) is 16.4. The Morgan fingerprint density at radius 3 is 2.16 bits per heavy atom. The van der Waals surface area contributed by atoms with Crippen LogP contribution in [0.1, 0.15) is 25.8 Å². The van der Waals surface area contributed by atoms with Crippen molar-refractivity contribution in [2.45, 2.75) is 32.1 Å². The maximum atomic E-state index is 10.8. The van der Waals surface area contributed by atoms with Crippen molar-refractivity contribution in [3.05, 3.63) is 42.5 Å². The number of benzene rings is 1. The number of hydrogen-bond acceptors (Lipinski definition) is 4. The molecule has 0 bridgehead atoms. The molecule has 1 aromatic rings. The highest BCUT2D eigenvalue weighted by molar-refractivity contribution is 7.85. The van der Waals surface area contributed by atoms with Crippen LogP contribution in [-0.4, -0.2) is 56.6 Å². The van der Waals surface area contributed by atoms with Crippen molar-refractivity contribution in [2.24, 2.45) is 0 Å². The van der Waals surface area contributed by atoms with Gasteiger partial charge in [-0.25, -0.2) is 8.42 Å². The zero-order chi connectivity index (χ0) is 19.5. The minimum absolute atomic E-state index is 0.0767. The molecule has 1 aromatic carbocycles. The molecule has 0 atom stereocenters. The number of nitrogens with zero attached hydrogens (tertiary/aromatic N) is 1. The summed E-state index contributed by atoms with van der Waals surface area (Å²) in [7, 11) is -2.02. The molecular weight excluding hydrogens is 340 g/mol. The molecule has 0 radical (unpaired) electrons. The summed E-state index contributed by atoms with van der Waals surface area (Å²) < 4.78 is 32.2. The van der Waals surface area contributed by atoms with Crippen LogP contribution >= 0.6 is 0 Å². The quantitative estimate of drug-likeness (QED) is 0.328. The molecule has 0 spiro atoms. The summed E-state index contributed by atoms with van der Waals surface area (Å²) in [5.41, 5.74) is 0.928. The van der Waals surface area contributed by atoms with E-state index in [0.717, 1.165) is 42.6 Å². The van der Waals surface area contributed by atoms with Crippen LogP contribution in [0.5, 0.6) is 0 Å². The smallest absolute Gasteiger partial charge is 0.243 e. The molecular formula is C18H30N2O4S. The molecule has 0 aromatic heterocycles. The summed E-state index contributed by atoms with van der Waals surface area (Å²) in [5.74, 6) is -0.0767. The third kappa shape index (κ3) is 10.0. The number of carbonyl (C=O) groups is 1. The predicted octanol–water partition coefficient (Wildman–Crippen LogP) is 2.06. The lowest BCUT2D eigenvalue weighted by Gasteiger charge is -2.32. The van der Waals surface area contributed by atoms with E-state index < -0.39 is 10.1 Å². The molecule has 1 rings (SSSR count). The van der Waals surface area contributed by atoms with Crippen LogP contribution in [0.3, 0.4) is 0 Å². The fourth-order valence-electron chi connectivity index (χ4n) is 1.99. The second kappa shape index (κ2) is 11.0. The molecule has 0 aliphatic rings. The summed E-state index contributed by atoms with van der Waals surface area (Å²) >= 11 is 0. The van der Waals surface area contributed by atoms with Gasteiger partial charge in [-0.3, -0.25) is 4.79 Å². The number of carbonyl (C=O) groups excluding carboxylic acids is 1. The average Bonchev–Trinajstić information content (AvgIpc) is 2.58. The number of rotatable bonds is 8. The second-order valence-corrected chi connectivity index (χ2v) is 7.47. The van der Waals surface area contributed by atoms with Gasteiger partial charge in [-0.1, -0.05) is 24.3 Å². The van der Waals surface area contributed by atoms with Gasteiger partial charge in [0.25, 0.3) is 0 Å². The molecule has 0 saturated heterocycles. The maximum Gasteiger partial charge on any atom is 0.243 e. The Morgan fingerprint density at radius 2 is 1.76 bits per heavy atom. The summed E-state index contributed by atoms with van der Waals surface area (Å²) in [6.45, 7) is 13.8. The fourth-order valence-corrected chi connectivity index (χ4v) is 2.46. The first kappa shape index (κ1) is 23.3. The normalized spacial score (nSPS) is 11.2. The molecule has 0 heterocycles. The van der Waals surface area contributed by atoms with E-state index in [-0.39, 0.29) is 10.8 Å². The van der Waals surface area contributed by atoms with Crippen molar-refractivity contribution >= 4 is 16.0 Å². The van der Waals surface area contributed by atoms with Crippen molar-refractivity contribution in [1.29, 1.82) is 0 Å². The van der Waals surface area contributed by atoms with Gasteiger partial charge in [0.2, 0.25) is 5.91 Å². The van der Waals surface area contributed by atoms with Gasteiger partial charge in [-0.05, 0) is 39.0 Å². The molecule has 0 fully saturated rings. The molecule has 25 heavy (non-hydrogen) atoms. The minimum atomic E-state index is -4.27. The Labute approximate surface area is 151 Å². The van der Waals surface area contributed by atoms with E-state index in [1.54, 1.807) is 12.1 Å². The molecule has 1 N–H and O–H groups in total. The molecule has 1 amide bonds. The van der Waals surface area contributed by atoms with Crippen molar-refractivity contribution < 1.29 is 22.2 Å². The highest BCUT2D eigenvalue weighted by atomic mass is 32.2. The van der Waals surface area contributed by atoms with Crippen LogP contribution in [0.2, 0.25) is 0 Å².